The van der Waals surface area contributed by atoms with Crippen LogP contribution in [0.25, 0.3) is 5.69 Å². The van der Waals surface area contributed by atoms with E-state index < -0.39 is 18.4 Å². The summed E-state index contributed by atoms with van der Waals surface area (Å²) in [5, 5.41) is 19.6. The second-order valence-electron chi connectivity index (χ2n) is 6.44. The third kappa shape index (κ3) is 4.97. The first-order valence-corrected chi connectivity index (χ1v) is 9.78. The lowest BCUT2D eigenvalue weighted by Crippen LogP contribution is -2.16. The fourth-order valence-electron chi connectivity index (χ4n) is 2.70. The van der Waals surface area contributed by atoms with Crippen LogP contribution >= 0.6 is 11.8 Å². The number of carbonyl (C=O) groups excluding carboxylic acids is 2. The van der Waals surface area contributed by atoms with Gasteiger partial charge in [0.1, 0.15) is 11.5 Å². The van der Waals surface area contributed by atoms with Crippen LogP contribution in [-0.2, 0) is 9.53 Å². The minimum Gasteiger partial charge on any atom is -0.508 e. The molecule has 1 aromatic heterocycles. The second kappa shape index (κ2) is 8.83. The van der Waals surface area contributed by atoms with Crippen molar-refractivity contribution in [3.63, 3.8) is 0 Å². The van der Waals surface area contributed by atoms with Crippen LogP contribution < -0.4 is 0 Å². The van der Waals surface area contributed by atoms with E-state index in [9.17, 15) is 19.8 Å². The summed E-state index contributed by atoms with van der Waals surface area (Å²) in [4.78, 5) is 28.4. The molecule has 8 heteroatoms. The lowest BCUT2D eigenvalue weighted by Gasteiger charge is -2.11. The minimum absolute atomic E-state index is 0.0171. The van der Waals surface area contributed by atoms with Crippen molar-refractivity contribution in [3.05, 3.63) is 65.5 Å². The average molecular weight is 412 g/mol. The quantitative estimate of drug-likeness (QED) is 0.348. The maximum absolute atomic E-state index is 12.1. The van der Waals surface area contributed by atoms with Gasteiger partial charge in [0, 0.05) is 18.5 Å². The number of nitrogens with zero attached hydrogens (tertiary/aromatic N) is 2. The van der Waals surface area contributed by atoms with Gasteiger partial charge in [-0.15, -0.1) is 0 Å². The molecule has 3 aromatic rings. The zero-order valence-corrected chi connectivity index (χ0v) is 16.8. The number of rotatable bonds is 7. The van der Waals surface area contributed by atoms with Crippen molar-refractivity contribution in [2.45, 2.75) is 19.0 Å². The number of aryl methyl sites for hydroxylation is 2. The molecular weight excluding hydrogens is 392 g/mol. The predicted molar refractivity (Wildman–Crippen MR) is 109 cm³/mol. The molecule has 0 unspecified atom stereocenters. The average Bonchev–Trinajstić information content (AvgIpc) is 3.14. The highest BCUT2D eigenvalue weighted by Crippen LogP contribution is 2.25. The van der Waals surface area contributed by atoms with Gasteiger partial charge in [-0.3, -0.25) is 14.2 Å². The summed E-state index contributed by atoms with van der Waals surface area (Å²) in [7, 11) is 0. The molecule has 0 saturated heterocycles. The molecule has 7 nitrogen and oxygen atoms in total. The van der Waals surface area contributed by atoms with Crippen LogP contribution in [-0.4, -0.2) is 43.9 Å². The molecule has 0 radical (unpaired) electrons. The van der Waals surface area contributed by atoms with Gasteiger partial charge in [-0.2, -0.15) is 0 Å². The molecule has 0 aliphatic rings. The number of aromatic nitrogens is 2. The Bertz CT molecular complexity index is 1060. The van der Waals surface area contributed by atoms with Gasteiger partial charge in [-0.1, -0.05) is 23.9 Å². The van der Waals surface area contributed by atoms with Crippen molar-refractivity contribution >= 4 is 23.5 Å². The molecule has 0 saturated carbocycles. The van der Waals surface area contributed by atoms with E-state index >= 15 is 0 Å². The molecule has 0 aliphatic heterocycles. The summed E-state index contributed by atoms with van der Waals surface area (Å²) in [6.45, 7) is 3.51. The van der Waals surface area contributed by atoms with E-state index in [2.05, 4.69) is 4.98 Å². The zero-order valence-electron chi connectivity index (χ0n) is 16.0. The minimum atomic E-state index is -0.572. The summed E-state index contributed by atoms with van der Waals surface area (Å²) in [5.74, 6) is -1.67. The summed E-state index contributed by atoms with van der Waals surface area (Å²) >= 11 is 1.21. The number of esters is 1. The van der Waals surface area contributed by atoms with Gasteiger partial charge in [-0.05, 0) is 43.2 Å². The molecule has 150 valence electrons. The standard InChI is InChI=1S/C21H20N2O5S/c1-13-3-4-14(2)17(9-13)23-8-7-22-21(23)29-12-20(27)28-11-19(26)16-6-5-15(24)10-18(16)25/h3-10,24-25H,11-12H2,1-2H3. The Labute approximate surface area is 172 Å². The number of hydrogen-bond acceptors (Lipinski definition) is 7. The zero-order chi connectivity index (χ0) is 21.0. The van der Waals surface area contributed by atoms with Crippen LogP contribution in [0.3, 0.4) is 0 Å². The first kappa shape index (κ1) is 20.5. The molecule has 0 aliphatic carbocycles. The van der Waals surface area contributed by atoms with E-state index in [1.807, 2.05) is 42.8 Å². The molecule has 2 N–H and O–H groups in total. The van der Waals surface area contributed by atoms with Crippen molar-refractivity contribution in [2.24, 2.45) is 0 Å². The molecule has 0 amide bonds. The van der Waals surface area contributed by atoms with Gasteiger partial charge < -0.3 is 14.9 Å². The van der Waals surface area contributed by atoms with Gasteiger partial charge in [0.25, 0.3) is 0 Å². The maximum atomic E-state index is 12.1. The Morgan fingerprint density at radius 2 is 1.93 bits per heavy atom. The van der Waals surface area contributed by atoms with Gasteiger partial charge in [-0.25, -0.2) is 4.98 Å². The van der Waals surface area contributed by atoms with Crippen LogP contribution in [0.4, 0.5) is 0 Å². The number of carbonyl (C=O) groups is 2. The number of hydrogen-bond donors (Lipinski definition) is 2. The van der Waals surface area contributed by atoms with Gasteiger partial charge in [0.05, 0.1) is 17.0 Å². The number of imidazole rings is 1. The van der Waals surface area contributed by atoms with Crippen molar-refractivity contribution in [1.29, 1.82) is 0 Å². The van der Waals surface area contributed by atoms with E-state index in [1.165, 1.54) is 23.9 Å². The van der Waals surface area contributed by atoms with Crippen LogP contribution in [0.2, 0.25) is 0 Å². The van der Waals surface area contributed by atoms with Crippen LogP contribution in [0.15, 0.2) is 53.9 Å². The van der Waals surface area contributed by atoms with E-state index in [0.29, 0.717) is 5.16 Å². The van der Waals surface area contributed by atoms with Crippen molar-refractivity contribution in [3.8, 4) is 17.2 Å². The first-order chi connectivity index (χ1) is 13.8. The number of Topliss-reactive ketones (excluding diaryl/α,β-unsaturated/α-hetero) is 1. The third-order valence-corrected chi connectivity index (χ3v) is 5.14. The van der Waals surface area contributed by atoms with E-state index in [4.69, 9.17) is 4.74 Å². The van der Waals surface area contributed by atoms with Crippen molar-refractivity contribution in [1.82, 2.24) is 9.55 Å². The number of ketones is 1. The lowest BCUT2D eigenvalue weighted by atomic mass is 10.1. The lowest BCUT2D eigenvalue weighted by molar-refractivity contribution is -0.139. The Morgan fingerprint density at radius 1 is 1.14 bits per heavy atom. The number of phenols is 2. The molecule has 2 aromatic carbocycles. The van der Waals surface area contributed by atoms with Crippen LogP contribution in [0, 0.1) is 13.8 Å². The Hall–Kier alpha value is -3.26. The summed E-state index contributed by atoms with van der Waals surface area (Å²) in [5.41, 5.74) is 3.16. The van der Waals surface area contributed by atoms with Gasteiger partial charge in [0.15, 0.2) is 11.8 Å². The molecule has 0 fully saturated rings. The summed E-state index contributed by atoms with van der Waals surface area (Å²) in [6, 6.07) is 9.70. The van der Waals surface area contributed by atoms with E-state index in [0.717, 1.165) is 22.9 Å². The molecule has 0 spiro atoms. The SMILES string of the molecule is Cc1ccc(C)c(-n2ccnc2SCC(=O)OCC(=O)c2ccc(O)cc2O)c1. The second-order valence-corrected chi connectivity index (χ2v) is 7.39. The Kier molecular flexibility index (Phi) is 6.23. The Morgan fingerprint density at radius 3 is 2.69 bits per heavy atom. The smallest absolute Gasteiger partial charge is 0.316 e. The molecule has 1 heterocycles. The number of aromatic hydroxyl groups is 2. The number of phenolic OH excluding ortho intramolecular Hbond substituents is 2. The largest absolute Gasteiger partial charge is 0.508 e. The monoisotopic (exact) mass is 412 g/mol. The molecule has 3 rings (SSSR count). The van der Waals surface area contributed by atoms with Crippen molar-refractivity contribution < 1.29 is 24.5 Å². The summed E-state index contributed by atoms with van der Waals surface area (Å²) < 4.78 is 6.91. The highest BCUT2D eigenvalue weighted by Gasteiger charge is 2.16. The highest BCUT2D eigenvalue weighted by atomic mass is 32.2. The number of thioether (sulfide) groups is 1. The number of benzene rings is 2. The first-order valence-electron chi connectivity index (χ1n) is 8.79. The topological polar surface area (TPSA) is 102 Å². The summed E-state index contributed by atoms with van der Waals surface area (Å²) in [6.07, 6.45) is 3.49. The fourth-order valence-corrected chi connectivity index (χ4v) is 3.47. The molecule has 0 bridgehead atoms. The number of ether oxygens (including phenoxy) is 1. The van der Waals surface area contributed by atoms with Gasteiger partial charge in [0.2, 0.25) is 5.78 Å². The van der Waals surface area contributed by atoms with Gasteiger partial charge >= 0.3 is 5.97 Å². The third-order valence-electron chi connectivity index (χ3n) is 4.20. The van der Waals surface area contributed by atoms with Crippen molar-refractivity contribution in [2.75, 3.05) is 12.4 Å². The van der Waals surface area contributed by atoms with E-state index in [-0.39, 0.29) is 22.8 Å². The van der Waals surface area contributed by atoms with Crippen LogP contribution in [0.1, 0.15) is 21.5 Å². The molecule has 0 atom stereocenters. The molecule has 29 heavy (non-hydrogen) atoms. The predicted octanol–water partition coefficient (Wildman–Crippen LogP) is 3.42. The molecular formula is C21H20N2O5S. The van der Waals surface area contributed by atoms with E-state index in [1.54, 1.807) is 6.20 Å². The van der Waals surface area contributed by atoms with Crippen LogP contribution in [0.5, 0.6) is 11.5 Å². The fraction of sp³-hybridized carbons (Fsp3) is 0.190. The highest BCUT2D eigenvalue weighted by molar-refractivity contribution is 7.99. The normalized spacial score (nSPS) is 10.7. The Balaban J connectivity index is 1.59. The maximum Gasteiger partial charge on any atom is 0.316 e.